The lowest BCUT2D eigenvalue weighted by molar-refractivity contribution is 0.113. The Hall–Kier alpha value is -1.85. The van der Waals surface area contributed by atoms with Crippen LogP contribution in [0.3, 0.4) is 0 Å². The fourth-order valence-electron chi connectivity index (χ4n) is 2.77. The van der Waals surface area contributed by atoms with Gasteiger partial charge in [-0.3, -0.25) is 9.80 Å². The van der Waals surface area contributed by atoms with Crippen LogP contribution in [0.25, 0.3) is 0 Å². The zero-order valence-corrected chi connectivity index (χ0v) is 12.5. The van der Waals surface area contributed by atoms with Gasteiger partial charge in [0.1, 0.15) is 0 Å². The zero-order valence-electron chi connectivity index (χ0n) is 12.5. The summed E-state index contributed by atoms with van der Waals surface area (Å²) in [7, 11) is 0. The van der Waals surface area contributed by atoms with Crippen molar-refractivity contribution in [3.63, 3.8) is 0 Å². The van der Waals surface area contributed by atoms with E-state index in [0.29, 0.717) is 0 Å². The van der Waals surface area contributed by atoms with E-state index in [0.717, 1.165) is 56.4 Å². The maximum Gasteiger partial charge on any atom is 0.150 e. The average Bonchev–Trinajstić information content (AvgIpc) is 2.86. The predicted molar refractivity (Wildman–Crippen MR) is 82.6 cm³/mol. The summed E-state index contributed by atoms with van der Waals surface area (Å²) in [6, 6.07) is 10.2. The molecule has 0 aliphatic carbocycles. The first kappa shape index (κ1) is 14.1. The fourth-order valence-corrected chi connectivity index (χ4v) is 2.77. The standard InChI is InChI=1S/C16H22N4O/c1-13-9-16(21-18-13)12-20-7-5-19(6-8-20)11-14-3-2-4-15(17)10-14/h2-4,9-10H,5-8,11-12,17H2,1H3. The molecule has 0 atom stereocenters. The van der Waals surface area contributed by atoms with Gasteiger partial charge >= 0.3 is 0 Å². The lowest BCUT2D eigenvalue weighted by atomic mass is 10.1. The number of nitrogens with zero attached hydrogens (tertiary/aromatic N) is 3. The van der Waals surface area contributed by atoms with Gasteiger partial charge in [0.25, 0.3) is 0 Å². The number of rotatable bonds is 4. The van der Waals surface area contributed by atoms with Gasteiger partial charge in [-0.1, -0.05) is 17.3 Å². The van der Waals surface area contributed by atoms with Crippen molar-refractivity contribution in [1.29, 1.82) is 0 Å². The fraction of sp³-hybridized carbons (Fsp3) is 0.438. The number of benzene rings is 1. The molecule has 3 rings (SSSR count). The smallest absolute Gasteiger partial charge is 0.150 e. The van der Waals surface area contributed by atoms with E-state index in [9.17, 15) is 0 Å². The number of aromatic nitrogens is 1. The summed E-state index contributed by atoms with van der Waals surface area (Å²) in [6.07, 6.45) is 0. The number of hydrogen-bond acceptors (Lipinski definition) is 5. The Bertz CT molecular complexity index is 587. The second-order valence-electron chi connectivity index (χ2n) is 5.73. The summed E-state index contributed by atoms with van der Waals surface area (Å²) >= 11 is 0. The Morgan fingerprint density at radius 1 is 1.10 bits per heavy atom. The summed E-state index contributed by atoms with van der Waals surface area (Å²) in [5.74, 6) is 0.955. The summed E-state index contributed by atoms with van der Waals surface area (Å²) in [5.41, 5.74) is 8.91. The second-order valence-corrected chi connectivity index (χ2v) is 5.73. The van der Waals surface area contributed by atoms with E-state index in [1.165, 1.54) is 5.56 Å². The molecule has 2 heterocycles. The molecule has 0 spiro atoms. The lowest BCUT2D eigenvalue weighted by Crippen LogP contribution is -2.45. The zero-order chi connectivity index (χ0) is 14.7. The number of nitrogens with two attached hydrogens (primary N) is 1. The van der Waals surface area contributed by atoms with E-state index < -0.39 is 0 Å². The van der Waals surface area contributed by atoms with E-state index in [2.05, 4.69) is 27.1 Å². The number of anilines is 1. The second kappa shape index (κ2) is 6.28. The SMILES string of the molecule is Cc1cc(CN2CCN(Cc3cccc(N)c3)CC2)on1. The van der Waals surface area contributed by atoms with Crippen LogP contribution in [0.2, 0.25) is 0 Å². The van der Waals surface area contributed by atoms with Crippen LogP contribution in [0.1, 0.15) is 17.0 Å². The van der Waals surface area contributed by atoms with Crippen molar-refractivity contribution >= 4 is 5.69 Å². The van der Waals surface area contributed by atoms with Crippen molar-refractivity contribution in [1.82, 2.24) is 15.0 Å². The van der Waals surface area contributed by atoms with Crippen LogP contribution < -0.4 is 5.73 Å². The van der Waals surface area contributed by atoms with Gasteiger partial charge in [0.05, 0.1) is 12.2 Å². The molecule has 112 valence electrons. The van der Waals surface area contributed by atoms with Crippen molar-refractivity contribution in [3.05, 3.63) is 47.3 Å². The van der Waals surface area contributed by atoms with Crippen LogP contribution >= 0.6 is 0 Å². The van der Waals surface area contributed by atoms with Crippen LogP contribution in [-0.2, 0) is 13.1 Å². The molecule has 1 saturated heterocycles. The van der Waals surface area contributed by atoms with Crippen molar-refractivity contribution in [2.75, 3.05) is 31.9 Å². The largest absolute Gasteiger partial charge is 0.399 e. The molecular formula is C16H22N4O. The number of nitrogen functional groups attached to an aromatic ring is 1. The molecule has 1 aromatic heterocycles. The van der Waals surface area contributed by atoms with Gasteiger partial charge in [0.2, 0.25) is 0 Å². The first-order chi connectivity index (χ1) is 10.2. The minimum Gasteiger partial charge on any atom is -0.399 e. The lowest BCUT2D eigenvalue weighted by Gasteiger charge is -2.34. The summed E-state index contributed by atoms with van der Waals surface area (Å²) < 4.78 is 5.28. The minimum atomic E-state index is 0.840. The first-order valence-electron chi connectivity index (χ1n) is 7.40. The summed E-state index contributed by atoms with van der Waals surface area (Å²) in [6.45, 7) is 8.04. The van der Waals surface area contributed by atoms with E-state index in [4.69, 9.17) is 10.3 Å². The van der Waals surface area contributed by atoms with E-state index >= 15 is 0 Å². The highest BCUT2D eigenvalue weighted by Crippen LogP contribution is 2.13. The van der Waals surface area contributed by atoms with Gasteiger partial charge in [0.15, 0.2) is 5.76 Å². The maximum atomic E-state index is 5.83. The Labute approximate surface area is 125 Å². The molecule has 21 heavy (non-hydrogen) atoms. The van der Waals surface area contributed by atoms with Crippen LogP contribution in [0, 0.1) is 6.92 Å². The molecular weight excluding hydrogens is 264 g/mol. The Kier molecular flexibility index (Phi) is 4.22. The van der Waals surface area contributed by atoms with Crippen molar-refractivity contribution in [3.8, 4) is 0 Å². The highest BCUT2D eigenvalue weighted by molar-refractivity contribution is 5.40. The summed E-state index contributed by atoms with van der Waals surface area (Å²) in [5, 5.41) is 3.94. The minimum absolute atomic E-state index is 0.840. The number of hydrogen-bond donors (Lipinski definition) is 1. The third-order valence-corrected chi connectivity index (χ3v) is 3.88. The molecule has 5 heteroatoms. The van der Waals surface area contributed by atoms with Crippen molar-refractivity contribution < 1.29 is 4.52 Å². The van der Waals surface area contributed by atoms with Crippen LogP contribution in [0.4, 0.5) is 5.69 Å². The normalized spacial score (nSPS) is 17.2. The van der Waals surface area contributed by atoms with E-state index in [1.54, 1.807) is 0 Å². The topological polar surface area (TPSA) is 58.5 Å². The van der Waals surface area contributed by atoms with E-state index in [-0.39, 0.29) is 0 Å². The van der Waals surface area contributed by atoms with Gasteiger partial charge in [-0.05, 0) is 24.6 Å². The molecule has 0 bridgehead atoms. The van der Waals surface area contributed by atoms with Crippen molar-refractivity contribution in [2.45, 2.75) is 20.0 Å². The highest BCUT2D eigenvalue weighted by atomic mass is 16.5. The Morgan fingerprint density at radius 2 is 1.81 bits per heavy atom. The molecule has 2 aromatic rings. The average molecular weight is 286 g/mol. The Balaban J connectivity index is 1.48. The molecule has 0 saturated carbocycles. The predicted octanol–water partition coefficient (Wildman–Crippen LogP) is 1.88. The molecule has 1 fully saturated rings. The molecule has 5 nitrogen and oxygen atoms in total. The van der Waals surface area contributed by atoms with Crippen LogP contribution in [0.5, 0.6) is 0 Å². The monoisotopic (exact) mass is 286 g/mol. The Morgan fingerprint density at radius 3 is 2.43 bits per heavy atom. The van der Waals surface area contributed by atoms with Crippen LogP contribution in [0.15, 0.2) is 34.9 Å². The van der Waals surface area contributed by atoms with Gasteiger partial charge < -0.3 is 10.3 Å². The van der Waals surface area contributed by atoms with Gasteiger partial charge in [-0.2, -0.15) is 0 Å². The quantitative estimate of drug-likeness (QED) is 0.870. The molecule has 0 unspecified atom stereocenters. The molecule has 0 radical (unpaired) electrons. The third-order valence-electron chi connectivity index (χ3n) is 3.88. The van der Waals surface area contributed by atoms with Crippen LogP contribution in [-0.4, -0.2) is 41.1 Å². The molecule has 1 aliphatic rings. The third kappa shape index (κ3) is 3.83. The van der Waals surface area contributed by atoms with Gasteiger partial charge in [-0.25, -0.2) is 0 Å². The highest BCUT2D eigenvalue weighted by Gasteiger charge is 2.18. The molecule has 0 amide bonds. The van der Waals surface area contributed by atoms with Crippen molar-refractivity contribution in [2.24, 2.45) is 0 Å². The maximum absolute atomic E-state index is 5.83. The van der Waals surface area contributed by atoms with Gasteiger partial charge in [-0.15, -0.1) is 0 Å². The van der Waals surface area contributed by atoms with E-state index in [1.807, 2.05) is 25.1 Å². The number of piperazine rings is 1. The first-order valence-corrected chi connectivity index (χ1v) is 7.40. The molecule has 2 N–H and O–H groups in total. The molecule has 1 aromatic carbocycles. The summed E-state index contributed by atoms with van der Waals surface area (Å²) in [4.78, 5) is 4.88. The van der Waals surface area contributed by atoms with Gasteiger partial charge in [0, 0.05) is 44.5 Å². The molecule has 1 aliphatic heterocycles. The number of aryl methyl sites for hydroxylation is 1.